The summed E-state index contributed by atoms with van der Waals surface area (Å²) < 4.78 is 20.8. The Kier molecular flexibility index (Phi) is 5.97. The van der Waals surface area contributed by atoms with Gasteiger partial charge in [-0.05, 0) is 56.2 Å². The van der Waals surface area contributed by atoms with Crippen molar-refractivity contribution in [1.29, 1.82) is 0 Å². The molecule has 0 aliphatic carbocycles. The van der Waals surface area contributed by atoms with Crippen LogP contribution >= 0.6 is 0 Å². The molecule has 0 radical (unpaired) electrons. The molecule has 3 aromatic rings. The number of hydrogen-bond acceptors (Lipinski definition) is 7. The second-order valence-corrected chi connectivity index (χ2v) is 6.33. The van der Waals surface area contributed by atoms with Gasteiger partial charge in [-0.15, -0.1) is 0 Å². The molecule has 2 aromatic carbocycles. The van der Waals surface area contributed by atoms with Gasteiger partial charge in [-0.1, -0.05) is 12.1 Å². The van der Waals surface area contributed by atoms with Crippen LogP contribution < -0.4 is 15.1 Å². The van der Waals surface area contributed by atoms with Crippen LogP contribution in [0.25, 0.3) is 11.0 Å². The Balaban J connectivity index is 1.72. The Hall–Kier alpha value is -3.61. The topological polar surface area (TPSA) is 92.0 Å². The Morgan fingerprint density at radius 1 is 1.07 bits per heavy atom. The lowest BCUT2D eigenvalue weighted by molar-refractivity contribution is -0.136. The molecule has 0 aliphatic heterocycles. The van der Waals surface area contributed by atoms with E-state index in [2.05, 4.69) is 0 Å². The molecule has 3 rings (SSSR count). The molecule has 7 heteroatoms. The first-order valence-corrected chi connectivity index (χ1v) is 9.03. The molecule has 0 atom stereocenters. The van der Waals surface area contributed by atoms with Gasteiger partial charge >= 0.3 is 17.6 Å². The van der Waals surface area contributed by atoms with Crippen molar-refractivity contribution in [3.63, 3.8) is 0 Å². The summed E-state index contributed by atoms with van der Waals surface area (Å²) in [6, 6.07) is 11.5. The van der Waals surface area contributed by atoms with Gasteiger partial charge in [0.15, 0.2) is 6.61 Å². The quantitative estimate of drug-likeness (QED) is 0.357. The predicted molar refractivity (Wildman–Crippen MR) is 105 cm³/mol. The Morgan fingerprint density at radius 3 is 2.62 bits per heavy atom. The highest BCUT2D eigenvalue weighted by Gasteiger charge is 2.16. The van der Waals surface area contributed by atoms with Crippen molar-refractivity contribution in [2.75, 3.05) is 13.2 Å². The second kappa shape index (κ2) is 8.60. The highest BCUT2D eigenvalue weighted by Crippen LogP contribution is 2.22. The van der Waals surface area contributed by atoms with E-state index < -0.39 is 17.6 Å². The minimum absolute atomic E-state index is 0.148. The number of esters is 2. The van der Waals surface area contributed by atoms with Crippen LogP contribution in [0.4, 0.5) is 0 Å². The summed E-state index contributed by atoms with van der Waals surface area (Å²) in [7, 11) is 0. The number of fused-ring (bicyclic) bond motifs is 1. The number of hydrogen-bond donors (Lipinski definition) is 0. The number of rotatable bonds is 6. The molecule has 0 saturated carbocycles. The van der Waals surface area contributed by atoms with E-state index in [-0.39, 0.29) is 30.1 Å². The van der Waals surface area contributed by atoms with Crippen molar-refractivity contribution in [2.45, 2.75) is 20.8 Å². The molecule has 150 valence electrons. The van der Waals surface area contributed by atoms with E-state index in [0.717, 1.165) is 11.1 Å². The van der Waals surface area contributed by atoms with Gasteiger partial charge < -0.3 is 18.6 Å². The summed E-state index contributed by atoms with van der Waals surface area (Å²) in [5.74, 6) is -0.546. The van der Waals surface area contributed by atoms with E-state index >= 15 is 0 Å². The first-order valence-electron chi connectivity index (χ1n) is 9.03. The van der Waals surface area contributed by atoms with Crippen molar-refractivity contribution >= 4 is 22.9 Å². The maximum Gasteiger partial charge on any atom is 0.351 e. The molecule has 0 unspecified atom stereocenters. The average molecular weight is 396 g/mol. The van der Waals surface area contributed by atoms with Crippen LogP contribution in [0.15, 0.2) is 51.7 Å². The minimum atomic E-state index is -0.822. The van der Waals surface area contributed by atoms with Gasteiger partial charge in [-0.25, -0.2) is 14.4 Å². The van der Waals surface area contributed by atoms with Crippen molar-refractivity contribution in [3.8, 4) is 11.5 Å². The highest BCUT2D eigenvalue weighted by atomic mass is 16.6. The predicted octanol–water partition coefficient (Wildman–Crippen LogP) is 3.57. The molecule has 0 N–H and O–H groups in total. The molecule has 0 bridgehead atoms. The van der Waals surface area contributed by atoms with Gasteiger partial charge in [-0.2, -0.15) is 0 Å². The molecule has 0 spiro atoms. The first kappa shape index (κ1) is 20.1. The largest absolute Gasteiger partial charge is 0.482 e. The van der Waals surface area contributed by atoms with E-state index in [1.54, 1.807) is 19.1 Å². The smallest absolute Gasteiger partial charge is 0.351 e. The van der Waals surface area contributed by atoms with E-state index in [1.165, 1.54) is 18.2 Å². The molecular weight excluding hydrogens is 376 g/mol. The summed E-state index contributed by atoms with van der Waals surface area (Å²) in [4.78, 5) is 35.9. The number of ether oxygens (including phenoxy) is 3. The van der Waals surface area contributed by atoms with Crippen LogP contribution in [-0.2, 0) is 9.53 Å². The lowest BCUT2D eigenvalue weighted by Crippen LogP contribution is -2.18. The van der Waals surface area contributed by atoms with Crippen LogP contribution in [0.2, 0.25) is 0 Å². The summed E-state index contributed by atoms with van der Waals surface area (Å²) >= 11 is 0. The summed E-state index contributed by atoms with van der Waals surface area (Å²) in [5.41, 5.74) is 1.18. The van der Waals surface area contributed by atoms with E-state index in [9.17, 15) is 14.4 Å². The standard InChI is InChI=1S/C22H20O7/c1-4-26-21(24)17-10-15-8-9-16(11-19(15)29-22(17)25)28-20(23)12-27-18-7-5-6-13(2)14(18)3/h5-11H,4,12H2,1-3H3. The van der Waals surface area contributed by atoms with Crippen molar-refractivity contribution in [2.24, 2.45) is 0 Å². The van der Waals surface area contributed by atoms with Crippen LogP contribution in [-0.4, -0.2) is 25.2 Å². The third-order valence-corrected chi connectivity index (χ3v) is 4.33. The highest BCUT2D eigenvalue weighted by molar-refractivity contribution is 5.93. The van der Waals surface area contributed by atoms with Crippen LogP contribution in [0.3, 0.4) is 0 Å². The molecule has 0 amide bonds. The Morgan fingerprint density at radius 2 is 1.86 bits per heavy atom. The fourth-order valence-corrected chi connectivity index (χ4v) is 2.68. The lowest BCUT2D eigenvalue weighted by atomic mass is 10.1. The van der Waals surface area contributed by atoms with Crippen LogP contribution in [0, 0.1) is 13.8 Å². The SMILES string of the molecule is CCOC(=O)c1cc2ccc(OC(=O)COc3cccc(C)c3C)cc2oc1=O. The minimum Gasteiger partial charge on any atom is -0.482 e. The van der Waals surface area contributed by atoms with Gasteiger partial charge in [0.1, 0.15) is 22.6 Å². The number of aryl methyl sites for hydroxylation is 1. The summed E-state index contributed by atoms with van der Waals surface area (Å²) in [6.07, 6.45) is 0. The summed E-state index contributed by atoms with van der Waals surface area (Å²) in [5, 5.41) is 0.499. The Labute approximate surface area is 166 Å². The van der Waals surface area contributed by atoms with Crippen molar-refractivity contribution < 1.29 is 28.2 Å². The molecular formula is C22H20O7. The van der Waals surface area contributed by atoms with Gasteiger partial charge in [-0.3, -0.25) is 0 Å². The maximum atomic E-state index is 12.1. The normalized spacial score (nSPS) is 10.6. The molecule has 29 heavy (non-hydrogen) atoms. The van der Waals surface area contributed by atoms with Gasteiger partial charge in [0.05, 0.1) is 6.61 Å². The summed E-state index contributed by atoms with van der Waals surface area (Å²) in [6.45, 7) is 5.39. The Bertz CT molecular complexity index is 1130. The molecule has 0 fully saturated rings. The lowest BCUT2D eigenvalue weighted by Gasteiger charge is -2.10. The molecule has 7 nitrogen and oxygen atoms in total. The number of benzene rings is 2. The second-order valence-electron chi connectivity index (χ2n) is 6.33. The molecule has 1 heterocycles. The van der Waals surface area contributed by atoms with Gasteiger partial charge in [0, 0.05) is 11.5 Å². The average Bonchev–Trinajstić information content (AvgIpc) is 2.68. The zero-order chi connectivity index (χ0) is 21.0. The van der Waals surface area contributed by atoms with E-state index in [0.29, 0.717) is 11.1 Å². The fraction of sp³-hybridized carbons (Fsp3) is 0.227. The zero-order valence-corrected chi connectivity index (χ0v) is 16.3. The van der Waals surface area contributed by atoms with E-state index in [1.807, 2.05) is 26.0 Å². The van der Waals surface area contributed by atoms with Crippen molar-refractivity contribution in [3.05, 3.63) is 69.6 Å². The third-order valence-electron chi connectivity index (χ3n) is 4.33. The third kappa shape index (κ3) is 4.63. The first-order chi connectivity index (χ1) is 13.9. The van der Waals surface area contributed by atoms with Crippen molar-refractivity contribution in [1.82, 2.24) is 0 Å². The monoisotopic (exact) mass is 396 g/mol. The van der Waals surface area contributed by atoms with E-state index in [4.69, 9.17) is 18.6 Å². The molecule has 0 aliphatic rings. The zero-order valence-electron chi connectivity index (χ0n) is 16.3. The van der Waals surface area contributed by atoms with Gasteiger partial charge in [0.25, 0.3) is 0 Å². The van der Waals surface area contributed by atoms with Crippen LogP contribution in [0.5, 0.6) is 11.5 Å². The molecule has 1 aromatic heterocycles. The fourth-order valence-electron chi connectivity index (χ4n) is 2.68. The number of carbonyl (C=O) groups is 2. The van der Waals surface area contributed by atoms with Crippen LogP contribution in [0.1, 0.15) is 28.4 Å². The molecule has 0 saturated heterocycles. The van der Waals surface area contributed by atoms with Gasteiger partial charge in [0.2, 0.25) is 0 Å². The number of carbonyl (C=O) groups excluding carboxylic acids is 2. The maximum absolute atomic E-state index is 12.1.